The molecule has 0 aliphatic rings. The Morgan fingerprint density at radius 2 is 2.20 bits per heavy atom. The number of anilines is 1. The largest absolute Gasteiger partial charge is 0.503 e. The summed E-state index contributed by atoms with van der Waals surface area (Å²) in [5, 5.41) is 8.97. The van der Waals surface area contributed by atoms with Crippen molar-refractivity contribution in [3.05, 3.63) is 16.7 Å². The zero-order valence-electron chi connectivity index (χ0n) is 4.91. The lowest BCUT2D eigenvalue weighted by Crippen LogP contribution is -1.88. The van der Waals surface area contributed by atoms with Gasteiger partial charge in [-0.05, 0) is 22.0 Å². The molecule has 0 amide bonds. The molecule has 5 heteroatoms. The van der Waals surface area contributed by atoms with E-state index in [0.29, 0.717) is 4.47 Å². The number of halogens is 2. The van der Waals surface area contributed by atoms with E-state index in [-0.39, 0.29) is 28.5 Å². The molecule has 0 saturated heterocycles. The molecule has 1 aromatic heterocycles. The molecule has 0 radical (unpaired) electrons. The second-order valence-corrected chi connectivity index (χ2v) is 2.38. The molecule has 0 fully saturated rings. The smallest absolute Gasteiger partial charge is 0.172 e. The highest BCUT2D eigenvalue weighted by atomic mass is 79.9. The summed E-state index contributed by atoms with van der Waals surface area (Å²) >= 11 is 3.08. The monoisotopic (exact) mass is 268 g/mol. The zero-order valence-corrected chi connectivity index (χ0v) is 8.21. The molecule has 0 aliphatic carbocycles. The van der Waals surface area contributed by atoms with Crippen molar-refractivity contribution in [1.82, 2.24) is 4.98 Å². The van der Waals surface area contributed by atoms with Gasteiger partial charge in [0.2, 0.25) is 0 Å². The Hall–Kier alpha value is -0.290. The number of pyridine rings is 1. The summed E-state index contributed by atoms with van der Waals surface area (Å²) in [7, 11) is 0. The van der Waals surface area contributed by atoms with E-state index >= 15 is 0 Å². The first-order valence-corrected chi connectivity index (χ1v) is 3.10. The first-order chi connectivity index (χ1) is 4.22. The van der Waals surface area contributed by atoms with E-state index in [1.54, 1.807) is 6.07 Å². The third kappa shape index (κ3) is 1.85. The van der Waals surface area contributed by atoms with E-state index in [4.69, 9.17) is 10.8 Å². The van der Waals surface area contributed by atoms with Gasteiger partial charge < -0.3 is 10.8 Å². The Morgan fingerprint density at radius 1 is 1.60 bits per heavy atom. The highest BCUT2D eigenvalue weighted by Gasteiger charge is 1.99. The average molecular weight is 270 g/mol. The number of hydrogen-bond acceptors (Lipinski definition) is 3. The van der Waals surface area contributed by atoms with Crippen LogP contribution in [-0.2, 0) is 0 Å². The number of hydrogen-bond donors (Lipinski definition) is 2. The molecular formula is C5H6Br2N2O. The van der Waals surface area contributed by atoms with Crippen molar-refractivity contribution in [2.24, 2.45) is 0 Å². The van der Waals surface area contributed by atoms with Gasteiger partial charge >= 0.3 is 0 Å². The van der Waals surface area contributed by atoms with Gasteiger partial charge in [0.25, 0.3) is 0 Å². The fourth-order valence-corrected chi connectivity index (χ4v) is 0.767. The molecule has 0 aromatic carbocycles. The number of nitrogens with zero attached hydrogens (tertiary/aromatic N) is 1. The molecule has 1 aromatic rings. The predicted molar refractivity (Wildman–Crippen MR) is 48.3 cm³/mol. The van der Waals surface area contributed by atoms with Crippen LogP contribution in [0.3, 0.4) is 0 Å². The first kappa shape index (κ1) is 9.71. The molecule has 0 unspecified atom stereocenters. The fourth-order valence-electron chi connectivity index (χ4n) is 0.445. The molecule has 56 valence electrons. The second-order valence-electron chi connectivity index (χ2n) is 1.53. The van der Waals surface area contributed by atoms with E-state index in [9.17, 15) is 0 Å². The van der Waals surface area contributed by atoms with Gasteiger partial charge in [-0.15, -0.1) is 17.0 Å². The summed E-state index contributed by atoms with van der Waals surface area (Å²) in [6, 6.07) is 1.62. The molecule has 0 saturated carbocycles. The van der Waals surface area contributed by atoms with E-state index in [1.165, 1.54) is 6.20 Å². The highest BCUT2D eigenvalue weighted by molar-refractivity contribution is 9.10. The van der Waals surface area contributed by atoms with Crippen molar-refractivity contribution in [2.45, 2.75) is 0 Å². The van der Waals surface area contributed by atoms with Crippen molar-refractivity contribution in [2.75, 3.05) is 5.73 Å². The van der Waals surface area contributed by atoms with Crippen LogP contribution in [-0.4, -0.2) is 10.1 Å². The van der Waals surface area contributed by atoms with Crippen LogP contribution in [0.5, 0.6) is 5.75 Å². The van der Waals surface area contributed by atoms with Crippen molar-refractivity contribution in [3.8, 4) is 5.75 Å². The Bertz CT molecular complexity index is 209. The van der Waals surface area contributed by atoms with Crippen LogP contribution in [0.2, 0.25) is 0 Å². The minimum absolute atomic E-state index is 0. The lowest BCUT2D eigenvalue weighted by atomic mass is 10.4. The maximum atomic E-state index is 8.97. The lowest BCUT2D eigenvalue weighted by Gasteiger charge is -1.96. The summed E-state index contributed by atoms with van der Waals surface area (Å²) < 4.78 is 0.565. The van der Waals surface area contributed by atoms with E-state index < -0.39 is 0 Å². The first-order valence-electron chi connectivity index (χ1n) is 2.31. The van der Waals surface area contributed by atoms with Crippen molar-refractivity contribution >= 4 is 38.7 Å². The molecule has 0 atom stereocenters. The van der Waals surface area contributed by atoms with Crippen LogP contribution in [0.25, 0.3) is 0 Å². The Kier molecular flexibility index (Phi) is 3.67. The predicted octanol–water partition coefficient (Wildman–Crippen LogP) is 1.71. The molecule has 3 N–H and O–H groups in total. The molecule has 1 heterocycles. The lowest BCUT2D eigenvalue weighted by molar-refractivity contribution is 0.472. The van der Waals surface area contributed by atoms with Gasteiger partial charge in [0, 0.05) is 6.20 Å². The SMILES string of the molecule is Br.Nc1nccc(Br)c1O. The second kappa shape index (κ2) is 3.78. The third-order valence-corrected chi connectivity index (χ3v) is 1.54. The molecule has 0 aliphatic heterocycles. The molecule has 3 nitrogen and oxygen atoms in total. The number of nitrogen functional groups attached to an aromatic ring is 1. The number of rotatable bonds is 0. The molecular weight excluding hydrogens is 264 g/mol. The van der Waals surface area contributed by atoms with Gasteiger partial charge in [-0.1, -0.05) is 0 Å². The normalized spacial score (nSPS) is 8.50. The number of aromatic hydroxyl groups is 1. The number of aromatic nitrogens is 1. The average Bonchev–Trinajstić information content (AvgIpc) is 1.83. The van der Waals surface area contributed by atoms with Crippen molar-refractivity contribution < 1.29 is 5.11 Å². The Balaban J connectivity index is 0.000000810. The topological polar surface area (TPSA) is 59.1 Å². The summed E-state index contributed by atoms with van der Waals surface area (Å²) in [6.07, 6.45) is 1.51. The van der Waals surface area contributed by atoms with E-state index in [0.717, 1.165) is 0 Å². The maximum absolute atomic E-state index is 8.97. The van der Waals surface area contributed by atoms with Gasteiger partial charge in [0.05, 0.1) is 4.47 Å². The van der Waals surface area contributed by atoms with Crippen LogP contribution in [0, 0.1) is 0 Å². The van der Waals surface area contributed by atoms with E-state index in [1.807, 2.05) is 0 Å². The number of nitrogens with two attached hydrogens (primary N) is 1. The Labute approximate surface area is 77.2 Å². The quantitative estimate of drug-likeness (QED) is 0.754. The Morgan fingerprint density at radius 3 is 2.60 bits per heavy atom. The van der Waals surface area contributed by atoms with Gasteiger partial charge in [-0.25, -0.2) is 4.98 Å². The minimum Gasteiger partial charge on any atom is -0.503 e. The van der Waals surface area contributed by atoms with E-state index in [2.05, 4.69) is 20.9 Å². The van der Waals surface area contributed by atoms with Gasteiger partial charge in [-0.3, -0.25) is 0 Å². The zero-order chi connectivity index (χ0) is 6.85. The summed E-state index contributed by atoms with van der Waals surface area (Å²) in [6.45, 7) is 0. The van der Waals surface area contributed by atoms with Crippen LogP contribution in [0.15, 0.2) is 16.7 Å². The molecule has 0 bridgehead atoms. The standard InChI is InChI=1S/C5H5BrN2O.BrH/c6-3-1-2-8-5(7)4(3)9;/h1-2,9H,(H2,7,8);1H. The van der Waals surface area contributed by atoms with Crippen LogP contribution in [0.1, 0.15) is 0 Å². The van der Waals surface area contributed by atoms with Gasteiger partial charge in [0.1, 0.15) is 0 Å². The fraction of sp³-hybridized carbons (Fsp3) is 0. The van der Waals surface area contributed by atoms with Crippen LogP contribution >= 0.6 is 32.9 Å². The summed E-state index contributed by atoms with van der Waals surface area (Å²) in [4.78, 5) is 3.64. The third-order valence-electron chi connectivity index (χ3n) is 0.903. The highest BCUT2D eigenvalue weighted by Crippen LogP contribution is 2.26. The van der Waals surface area contributed by atoms with Crippen molar-refractivity contribution in [3.63, 3.8) is 0 Å². The summed E-state index contributed by atoms with van der Waals surface area (Å²) in [5.41, 5.74) is 5.23. The van der Waals surface area contributed by atoms with Gasteiger partial charge in [-0.2, -0.15) is 0 Å². The van der Waals surface area contributed by atoms with Crippen molar-refractivity contribution in [1.29, 1.82) is 0 Å². The van der Waals surface area contributed by atoms with Gasteiger partial charge in [0.15, 0.2) is 11.6 Å². The summed E-state index contributed by atoms with van der Waals surface area (Å²) in [5.74, 6) is 0.141. The molecule has 10 heavy (non-hydrogen) atoms. The molecule has 1 rings (SSSR count). The van der Waals surface area contributed by atoms with Crippen LogP contribution in [0.4, 0.5) is 5.82 Å². The molecule has 0 spiro atoms. The van der Waals surface area contributed by atoms with Crippen LogP contribution < -0.4 is 5.73 Å². The minimum atomic E-state index is -0.00231. The maximum Gasteiger partial charge on any atom is 0.172 e.